The highest BCUT2D eigenvalue weighted by Crippen LogP contribution is 2.37. The van der Waals surface area contributed by atoms with Gasteiger partial charge in [-0.25, -0.2) is 14.5 Å². The number of ether oxygens (including phenoxy) is 3. The van der Waals surface area contributed by atoms with E-state index in [4.69, 9.17) is 18.6 Å². The van der Waals surface area contributed by atoms with E-state index in [1.165, 1.54) is 11.3 Å². The van der Waals surface area contributed by atoms with Crippen LogP contribution in [0.3, 0.4) is 0 Å². The Bertz CT molecular complexity index is 1320. The van der Waals surface area contributed by atoms with Gasteiger partial charge in [0, 0.05) is 17.5 Å². The van der Waals surface area contributed by atoms with Crippen molar-refractivity contribution in [1.29, 1.82) is 0 Å². The van der Waals surface area contributed by atoms with Crippen molar-refractivity contribution in [3.05, 3.63) is 40.5 Å². The molecule has 4 heterocycles. The molecule has 0 saturated heterocycles. The number of imidazole rings is 1. The topological polar surface area (TPSA) is 83.9 Å². The molecule has 0 aliphatic heterocycles. The van der Waals surface area contributed by atoms with Crippen molar-refractivity contribution in [2.45, 2.75) is 26.4 Å². The quantitative estimate of drug-likeness (QED) is 0.317. The van der Waals surface area contributed by atoms with Crippen molar-refractivity contribution in [3.8, 4) is 28.1 Å². The van der Waals surface area contributed by atoms with Crippen LogP contribution in [0.25, 0.3) is 27.4 Å². The van der Waals surface area contributed by atoms with E-state index < -0.39 is 0 Å². The number of furan rings is 1. The molecular weight excluding hydrogens is 436 g/mol. The minimum Gasteiger partial charge on any atom is -0.496 e. The van der Waals surface area contributed by atoms with Crippen LogP contribution in [0.15, 0.2) is 34.2 Å². The van der Waals surface area contributed by atoms with Gasteiger partial charge in [0.2, 0.25) is 4.96 Å². The number of hydrogen-bond donors (Lipinski definition) is 0. The maximum Gasteiger partial charge on any atom is 0.294 e. The van der Waals surface area contributed by atoms with E-state index in [9.17, 15) is 0 Å². The van der Waals surface area contributed by atoms with Crippen LogP contribution in [0.2, 0.25) is 0 Å². The highest BCUT2D eigenvalue weighted by atomic mass is 32.1. The van der Waals surface area contributed by atoms with Gasteiger partial charge in [0.1, 0.15) is 29.4 Å². The summed E-state index contributed by atoms with van der Waals surface area (Å²) in [5.74, 6) is 1.96. The van der Waals surface area contributed by atoms with E-state index in [0.29, 0.717) is 40.3 Å². The number of thiazole rings is 1. The van der Waals surface area contributed by atoms with Gasteiger partial charge >= 0.3 is 0 Å². The highest BCUT2D eigenvalue weighted by Gasteiger charge is 2.17. The summed E-state index contributed by atoms with van der Waals surface area (Å²) < 4.78 is 24.5. The summed E-state index contributed by atoms with van der Waals surface area (Å²) in [5.41, 5.74) is 2.27. The first-order valence-corrected chi connectivity index (χ1v) is 11.4. The zero-order chi connectivity index (χ0) is 21.4. The van der Waals surface area contributed by atoms with Gasteiger partial charge in [0.25, 0.3) is 5.19 Å². The third-order valence-electron chi connectivity index (χ3n) is 4.70. The molecule has 5 aromatic rings. The van der Waals surface area contributed by atoms with Crippen molar-refractivity contribution in [1.82, 2.24) is 19.6 Å². The van der Waals surface area contributed by atoms with E-state index in [-0.39, 0.29) is 0 Å². The number of aromatic nitrogens is 4. The summed E-state index contributed by atoms with van der Waals surface area (Å²) in [5, 5.41) is 8.90. The van der Waals surface area contributed by atoms with E-state index >= 15 is 0 Å². The van der Waals surface area contributed by atoms with Gasteiger partial charge in [-0.1, -0.05) is 6.92 Å². The molecule has 0 N–H and O–H groups in total. The van der Waals surface area contributed by atoms with Crippen LogP contribution in [0.5, 0.6) is 16.7 Å². The molecule has 4 aromatic heterocycles. The lowest BCUT2D eigenvalue weighted by Crippen LogP contribution is -1.97. The zero-order valence-electron chi connectivity index (χ0n) is 17.2. The monoisotopic (exact) mass is 456 g/mol. The number of benzene rings is 1. The Hall–Kier alpha value is -3.11. The Balaban J connectivity index is 1.46. The minimum absolute atomic E-state index is 0.382. The molecule has 8 nitrogen and oxygen atoms in total. The summed E-state index contributed by atoms with van der Waals surface area (Å²) in [4.78, 5) is 9.96. The lowest BCUT2D eigenvalue weighted by molar-refractivity contribution is 0.303. The van der Waals surface area contributed by atoms with Crippen molar-refractivity contribution in [2.24, 2.45) is 0 Å². The molecule has 0 aliphatic carbocycles. The molecule has 0 spiro atoms. The highest BCUT2D eigenvalue weighted by molar-refractivity contribution is 7.18. The second-order valence-corrected chi connectivity index (χ2v) is 8.71. The smallest absolute Gasteiger partial charge is 0.294 e. The van der Waals surface area contributed by atoms with Gasteiger partial charge in [0.05, 0.1) is 36.5 Å². The number of fused-ring (bicyclic) bond motifs is 2. The van der Waals surface area contributed by atoms with Crippen LogP contribution in [0.4, 0.5) is 0 Å². The molecule has 0 saturated carbocycles. The SMILES string of the molecule is CCCc1nc(COc2cc(OC)cc3oc(-c4cn5nc(OC)sc5n4)cc23)cs1. The van der Waals surface area contributed by atoms with Crippen molar-refractivity contribution < 1.29 is 18.6 Å². The van der Waals surface area contributed by atoms with Gasteiger partial charge in [-0.05, 0) is 30.2 Å². The van der Waals surface area contributed by atoms with Crippen LogP contribution in [-0.2, 0) is 13.0 Å². The Kier molecular flexibility index (Phi) is 5.24. The standard InChI is InChI=1S/C21H20N4O4S2/c1-4-5-19-22-12(11-30-19)10-28-16-6-13(26-2)7-17-14(16)8-18(29-17)15-9-25-20(23-15)31-21(24-25)27-3/h6-9,11H,4-5,10H2,1-3H3. The van der Waals surface area contributed by atoms with Crippen molar-refractivity contribution >= 4 is 38.6 Å². The molecule has 0 aliphatic rings. The third-order valence-corrected chi connectivity index (χ3v) is 6.54. The fourth-order valence-electron chi connectivity index (χ4n) is 3.22. The molecule has 0 atom stereocenters. The molecule has 0 radical (unpaired) electrons. The number of methoxy groups -OCH3 is 2. The van der Waals surface area contributed by atoms with Crippen LogP contribution >= 0.6 is 22.7 Å². The van der Waals surface area contributed by atoms with Crippen LogP contribution in [0, 0.1) is 0 Å². The van der Waals surface area contributed by atoms with Gasteiger partial charge in [-0.2, -0.15) is 0 Å². The predicted octanol–water partition coefficient (Wildman–Crippen LogP) is 5.21. The molecule has 0 bridgehead atoms. The van der Waals surface area contributed by atoms with Crippen molar-refractivity contribution in [3.63, 3.8) is 0 Å². The minimum atomic E-state index is 0.382. The fourth-order valence-corrected chi connectivity index (χ4v) is 4.81. The Morgan fingerprint density at radius 1 is 1.13 bits per heavy atom. The van der Waals surface area contributed by atoms with Crippen LogP contribution in [0.1, 0.15) is 24.0 Å². The molecule has 160 valence electrons. The van der Waals surface area contributed by atoms with Gasteiger partial charge in [-0.15, -0.1) is 16.4 Å². The Labute approximate surface area is 186 Å². The molecule has 31 heavy (non-hydrogen) atoms. The Morgan fingerprint density at radius 3 is 2.81 bits per heavy atom. The van der Waals surface area contributed by atoms with Gasteiger partial charge in [-0.3, -0.25) is 0 Å². The first-order chi connectivity index (χ1) is 15.2. The first-order valence-electron chi connectivity index (χ1n) is 9.75. The average Bonchev–Trinajstić information content (AvgIpc) is 3.53. The summed E-state index contributed by atoms with van der Waals surface area (Å²) in [7, 11) is 3.21. The fraction of sp³-hybridized carbons (Fsp3) is 0.286. The molecule has 0 fully saturated rings. The Morgan fingerprint density at radius 2 is 2.03 bits per heavy atom. The molecule has 0 unspecified atom stereocenters. The first kappa shape index (κ1) is 19.8. The van der Waals surface area contributed by atoms with Crippen molar-refractivity contribution in [2.75, 3.05) is 14.2 Å². The van der Waals surface area contributed by atoms with E-state index in [1.54, 1.807) is 30.1 Å². The third kappa shape index (κ3) is 3.84. The normalized spacial score (nSPS) is 11.5. The lowest BCUT2D eigenvalue weighted by Gasteiger charge is -2.07. The number of rotatable bonds is 8. The summed E-state index contributed by atoms with van der Waals surface area (Å²) >= 11 is 3.03. The maximum absolute atomic E-state index is 6.11. The molecular formula is C21H20N4O4S2. The largest absolute Gasteiger partial charge is 0.496 e. The van der Waals surface area contributed by atoms with Gasteiger partial charge in [0.15, 0.2) is 5.76 Å². The molecule has 0 amide bonds. The summed E-state index contributed by atoms with van der Waals surface area (Å²) in [6.45, 7) is 2.53. The van der Waals surface area contributed by atoms with Crippen LogP contribution < -0.4 is 14.2 Å². The predicted molar refractivity (Wildman–Crippen MR) is 120 cm³/mol. The van der Waals surface area contributed by atoms with E-state index in [1.807, 2.05) is 29.8 Å². The number of nitrogens with zero attached hydrogens (tertiary/aromatic N) is 4. The average molecular weight is 457 g/mol. The molecule has 10 heteroatoms. The molecule has 1 aromatic carbocycles. The second-order valence-electron chi connectivity index (χ2n) is 6.84. The number of hydrogen-bond acceptors (Lipinski definition) is 9. The zero-order valence-corrected chi connectivity index (χ0v) is 18.9. The maximum atomic E-state index is 6.11. The lowest BCUT2D eigenvalue weighted by atomic mass is 10.2. The number of aryl methyl sites for hydroxylation is 1. The summed E-state index contributed by atoms with van der Waals surface area (Å²) in [6.07, 6.45) is 3.88. The van der Waals surface area contributed by atoms with Gasteiger partial charge < -0.3 is 18.6 Å². The van der Waals surface area contributed by atoms with Crippen LogP contribution in [-0.4, -0.2) is 33.8 Å². The van der Waals surface area contributed by atoms with E-state index in [2.05, 4.69) is 22.0 Å². The summed E-state index contributed by atoms with van der Waals surface area (Å²) in [6, 6.07) is 5.63. The molecule has 5 rings (SSSR count). The second kappa shape index (κ2) is 8.20. The van der Waals surface area contributed by atoms with E-state index in [0.717, 1.165) is 33.9 Å².